The predicted molar refractivity (Wildman–Crippen MR) is 78.8 cm³/mol. The minimum atomic E-state index is -0.147. The summed E-state index contributed by atoms with van der Waals surface area (Å²) in [5.74, 6) is 0.861. The maximum Gasteiger partial charge on any atom is 0.0527 e. The van der Waals surface area contributed by atoms with E-state index in [0.29, 0.717) is 6.04 Å². The molecule has 0 aromatic rings. The Labute approximate surface area is 114 Å². The normalized spacial score (nSPS) is 25.0. The van der Waals surface area contributed by atoms with Crippen LogP contribution in [0.5, 0.6) is 0 Å². The van der Waals surface area contributed by atoms with Gasteiger partial charge >= 0.3 is 0 Å². The summed E-state index contributed by atoms with van der Waals surface area (Å²) < 4.78 is 0. The minimum absolute atomic E-state index is 0.147. The summed E-state index contributed by atoms with van der Waals surface area (Å²) in [6.45, 7) is 9.05. The number of nitrogens with zero attached hydrogens (tertiary/aromatic N) is 1. The standard InChI is InChI=1S/C16H33NO/c1-4-6-9-15(5-2)13-17-11-8-7-10-16(17)12-14(3)18/h14-16,18H,4-13H2,1-3H3. The third-order valence-electron chi connectivity index (χ3n) is 4.40. The number of rotatable bonds is 8. The lowest BCUT2D eigenvalue weighted by Crippen LogP contribution is -2.43. The topological polar surface area (TPSA) is 23.5 Å². The second kappa shape index (κ2) is 8.92. The number of piperidine rings is 1. The Morgan fingerprint density at radius 1 is 1.28 bits per heavy atom. The van der Waals surface area contributed by atoms with Gasteiger partial charge in [0.15, 0.2) is 0 Å². The molecular formula is C16H33NO. The van der Waals surface area contributed by atoms with E-state index >= 15 is 0 Å². The van der Waals surface area contributed by atoms with E-state index in [1.165, 1.54) is 58.0 Å². The Bertz CT molecular complexity index is 205. The first kappa shape index (κ1) is 16.0. The van der Waals surface area contributed by atoms with Gasteiger partial charge in [0.1, 0.15) is 0 Å². The Hall–Kier alpha value is -0.0800. The van der Waals surface area contributed by atoms with E-state index in [1.54, 1.807) is 0 Å². The van der Waals surface area contributed by atoms with Gasteiger partial charge in [0.05, 0.1) is 6.10 Å². The molecule has 0 radical (unpaired) electrons. The van der Waals surface area contributed by atoms with E-state index in [0.717, 1.165) is 12.3 Å². The molecule has 1 saturated heterocycles. The molecule has 1 heterocycles. The SMILES string of the molecule is CCCCC(CC)CN1CCCCC1CC(C)O. The highest BCUT2D eigenvalue weighted by atomic mass is 16.3. The smallest absolute Gasteiger partial charge is 0.0527 e. The van der Waals surface area contributed by atoms with Crippen molar-refractivity contribution in [2.24, 2.45) is 5.92 Å². The van der Waals surface area contributed by atoms with E-state index in [4.69, 9.17) is 0 Å². The number of aliphatic hydroxyl groups is 1. The molecule has 2 nitrogen and oxygen atoms in total. The van der Waals surface area contributed by atoms with Crippen LogP contribution in [0, 0.1) is 5.92 Å². The number of likely N-dealkylation sites (tertiary alicyclic amines) is 1. The zero-order valence-electron chi connectivity index (χ0n) is 12.7. The minimum Gasteiger partial charge on any atom is -0.393 e. The van der Waals surface area contributed by atoms with Crippen molar-refractivity contribution in [1.82, 2.24) is 4.90 Å². The lowest BCUT2D eigenvalue weighted by Gasteiger charge is -2.38. The lowest BCUT2D eigenvalue weighted by atomic mass is 9.93. The molecule has 1 fully saturated rings. The van der Waals surface area contributed by atoms with Gasteiger partial charge in [0, 0.05) is 12.6 Å². The highest BCUT2D eigenvalue weighted by molar-refractivity contribution is 4.80. The molecular weight excluding hydrogens is 222 g/mol. The lowest BCUT2D eigenvalue weighted by molar-refractivity contribution is 0.0729. The number of unbranched alkanes of at least 4 members (excludes halogenated alkanes) is 1. The van der Waals surface area contributed by atoms with Crippen LogP contribution in [-0.2, 0) is 0 Å². The fourth-order valence-electron chi connectivity index (χ4n) is 3.21. The molecule has 0 bridgehead atoms. The average Bonchev–Trinajstić information content (AvgIpc) is 2.35. The van der Waals surface area contributed by atoms with Crippen molar-refractivity contribution < 1.29 is 5.11 Å². The first-order valence-electron chi connectivity index (χ1n) is 8.09. The monoisotopic (exact) mass is 255 g/mol. The van der Waals surface area contributed by atoms with Crippen LogP contribution in [0.4, 0.5) is 0 Å². The van der Waals surface area contributed by atoms with Crippen LogP contribution in [0.15, 0.2) is 0 Å². The van der Waals surface area contributed by atoms with Crippen molar-refractivity contribution in [3.8, 4) is 0 Å². The van der Waals surface area contributed by atoms with Gasteiger partial charge < -0.3 is 10.0 Å². The molecule has 1 rings (SSSR count). The summed E-state index contributed by atoms with van der Waals surface area (Å²) >= 11 is 0. The molecule has 18 heavy (non-hydrogen) atoms. The maximum atomic E-state index is 9.63. The van der Waals surface area contributed by atoms with Gasteiger partial charge in [-0.05, 0) is 45.1 Å². The highest BCUT2D eigenvalue weighted by Crippen LogP contribution is 2.24. The van der Waals surface area contributed by atoms with Crippen LogP contribution in [-0.4, -0.2) is 35.2 Å². The molecule has 0 aromatic heterocycles. The van der Waals surface area contributed by atoms with Gasteiger partial charge in [-0.3, -0.25) is 0 Å². The van der Waals surface area contributed by atoms with E-state index in [9.17, 15) is 5.11 Å². The van der Waals surface area contributed by atoms with Crippen LogP contribution in [0.1, 0.15) is 72.1 Å². The summed E-state index contributed by atoms with van der Waals surface area (Å²) in [6.07, 6.45) is 10.2. The predicted octanol–water partition coefficient (Wildman–Crippen LogP) is 3.83. The van der Waals surface area contributed by atoms with Gasteiger partial charge in [-0.1, -0.05) is 39.5 Å². The van der Waals surface area contributed by atoms with E-state index in [1.807, 2.05) is 6.92 Å². The molecule has 0 saturated carbocycles. The van der Waals surface area contributed by atoms with Crippen molar-refractivity contribution in [2.45, 2.75) is 84.3 Å². The second-order valence-corrected chi connectivity index (χ2v) is 6.15. The fourth-order valence-corrected chi connectivity index (χ4v) is 3.21. The first-order valence-corrected chi connectivity index (χ1v) is 8.09. The summed E-state index contributed by atoms with van der Waals surface area (Å²) in [6, 6.07) is 0.634. The Morgan fingerprint density at radius 3 is 2.67 bits per heavy atom. The van der Waals surface area contributed by atoms with Crippen molar-refractivity contribution in [3.05, 3.63) is 0 Å². The number of hydrogen-bond acceptors (Lipinski definition) is 2. The maximum absolute atomic E-state index is 9.63. The number of aliphatic hydroxyl groups excluding tert-OH is 1. The summed E-state index contributed by atoms with van der Waals surface area (Å²) in [4.78, 5) is 2.67. The molecule has 1 N–H and O–H groups in total. The van der Waals surface area contributed by atoms with Crippen LogP contribution in [0.2, 0.25) is 0 Å². The van der Waals surface area contributed by atoms with Gasteiger partial charge in [0.2, 0.25) is 0 Å². The van der Waals surface area contributed by atoms with E-state index in [2.05, 4.69) is 18.7 Å². The zero-order chi connectivity index (χ0) is 13.4. The van der Waals surface area contributed by atoms with E-state index in [-0.39, 0.29) is 6.10 Å². The Balaban J connectivity index is 2.43. The second-order valence-electron chi connectivity index (χ2n) is 6.15. The van der Waals surface area contributed by atoms with Crippen molar-refractivity contribution in [3.63, 3.8) is 0 Å². The molecule has 108 valence electrons. The van der Waals surface area contributed by atoms with Gasteiger partial charge in [0.25, 0.3) is 0 Å². The van der Waals surface area contributed by atoms with Crippen LogP contribution in [0.25, 0.3) is 0 Å². The van der Waals surface area contributed by atoms with Gasteiger partial charge in [-0.2, -0.15) is 0 Å². The van der Waals surface area contributed by atoms with Gasteiger partial charge in [-0.25, -0.2) is 0 Å². The molecule has 1 aliphatic rings. The van der Waals surface area contributed by atoms with Crippen LogP contribution in [0.3, 0.4) is 0 Å². The van der Waals surface area contributed by atoms with Crippen molar-refractivity contribution in [1.29, 1.82) is 0 Å². The average molecular weight is 255 g/mol. The quantitative estimate of drug-likeness (QED) is 0.712. The van der Waals surface area contributed by atoms with E-state index < -0.39 is 0 Å². The number of hydrogen-bond donors (Lipinski definition) is 1. The Kier molecular flexibility index (Phi) is 7.92. The zero-order valence-corrected chi connectivity index (χ0v) is 12.7. The van der Waals surface area contributed by atoms with Crippen molar-refractivity contribution in [2.75, 3.05) is 13.1 Å². The molecule has 3 unspecified atom stereocenters. The summed E-state index contributed by atoms with van der Waals surface area (Å²) in [5.41, 5.74) is 0. The van der Waals surface area contributed by atoms with Crippen LogP contribution >= 0.6 is 0 Å². The third-order valence-corrected chi connectivity index (χ3v) is 4.40. The summed E-state index contributed by atoms with van der Waals surface area (Å²) in [7, 11) is 0. The summed E-state index contributed by atoms with van der Waals surface area (Å²) in [5, 5.41) is 9.63. The molecule has 0 aromatic carbocycles. The fraction of sp³-hybridized carbons (Fsp3) is 1.00. The largest absolute Gasteiger partial charge is 0.393 e. The molecule has 1 aliphatic heterocycles. The molecule has 0 amide bonds. The van der Waals surface area contributed by atoms with Crippen molar-refractivity contribution >= 4 is 0 Å². The third kappa shape index (κ3) is 5.71. The highest BCUT2D eigenvalue weighted by Gasteiger charge is 2.25. The molecule has 2 heteroatoms. The molecule has 3 atom stereocenters. The molecule has 0 aliphatic carbocycles. The van der Waals surface area contributed by atoms with Gasteiger partial charge in [-0.15, -0.1) is 0 Å². The van der Waals surface area contributed by atoms with Crippen LogP contribution < -0.4 is 0 Å². The Morgan fingerprint density at radius 2 is 2.06 bits per heavy atom. The molecule has 0 spiro atoms. The first-order chi connectivity index (χ1) is 8.67.